The van der Waals surface area contributed by atoms with Crippen LogP contribution >= 0.6 is 27.5 Å². The molecule has 0 aliphatic heterocycles. The predicted molar refractivity (Wildman–Crippen MR) is 83.6 cm³/mol. The third kappa shape index (κ3) is 8.07. The molecule has 0 aromatic heterocycles. The van der Waals surface area contributed by atoms with Crippen LogP contribution in [0.4, 0.5) is 0 Å². The molecular weight excluding hydrogens is 346 g/mol. The number of rotatable bonds is 11. The molecule has 20 heavy (non-hydrogen) atoms. The molecule has 0 spiro atoms. The Labute approximate surface area is 133 Å². The Kier molecular flexibility index (Phi) is 10.1. The van der Waals surface area contributed by atoms with Gasteiger partial charge in [-0.3, -0.25) is 0 Å². The molecular formula is C14H22BrClNO3+. The van der Waals surface area contributed by atoms with Gasteiger partial charge >= 0.3 is 0 Å². The lowest BCUT2D eigenvalue weighted by molar-refractivity contribution is -0.656. The summed E-state index contributed by atoms with van der Waals surface area (Å²) in [5, 5.41) is 2.92. The van der Waals surface area contributed by atoms with E-state index in [1.807, 2.05) is 12.1 Å². The summed E-state index contributed by atoms with van der Waals surface area (Å²) in [5.41, 5.74) is 0. The van der Waals surface area contributed by atoms with Gasteiger partial charge in [-0.05, 0) is 34.1 Å². The Balaban J connectivity index is 1.97. The van der Waals surface area contributed by atoms with Crippen LogP contribution < -0.4 is 10.1 Å². The van der Waals surface area contributed by atoms with Gasteiger partial charge in [-0.2, -0.15) is 0 Å². The van der Waals surface area contributed by atoms with Gasteiger partial charge in [-0.25, -0.2) is 0 Å². The molecule has 2 N–H and O–H groups in total. The minimum Gasteiger partial charge on any atom is -0.490 e. The van der Waals surface area contributed by atoms with Crippen molar-refractivity contribution in [1.82, 2.24) is 0 Å². The Hall–Kier alpha value is -0.330. The van der Waals surface area contributed by atoms with E-state index in [1.165, 1.54) is 0 Å². The SMILES string of the molecule is COCCC[NH2+]CCOCCOc1ccc(Cl)cc1Br. The van der Waals surface area contributed by atoms with Crippen LogP contribution in [0.3, 0.4) is 0 Å². The molecule has 0 fully saturated rings. The summed E-state index contributed by atoms with van der Waals surface area (Å²) in [5.74, 6) is 0.782. The third-order valence-electron chi connectivity index (χ3n) is 2.60. The second kappa shape index (κ2) is 11.3. The van der Waals surface area contributed by atoms with Gasteiger partial charge in [0.1, 0.15) is 12.4 Å². The summed E-state index contributed by atoms with van der Waals surface area (Å²) in [6, 6.07) is 5.46. The van der Waals surface area contributed by atoms with Crippen LogP contribution in [0.5, 0.6) is 5.75 Å². The average molecular weight is 368 g/mol. The first kappa shape index (κ1) is 17.7. The van der Waals surface area contributed by atoms with E-state index in [2.05, 4.69) is 21.2 Å². The van der Waals surface area contributed by atoms with E-state index in [0.29, 0.717) is 18.2 Å². The van der Waals surface area contributed by atoms with E-state index in [0.717, 1.165) is 42.9 Å². The maximum Gasteiger partial charge on any atom is 0.133 e. The minimum atomic E-state index is 0.532. The van der Waals surface area contributed by atoms with Crippen LogP contribution in [-0.4, -0.2) is 46.6 Å². The number of methoxy groups -OCH3 is 1. The molecule has 4 nitrogen and oxygen atoms in total. The maximum atomic E-state index is 5.86. The highest BCUT2D eigenvalue weighted by Crippen LogP contribution is 2.27. The summed E-state index contributed by atoms with van der Waals surface area (Å²) in [6.07, 6.45) is 1.07. The highest BCUT2D eigenvalue weighted by atomic mass is 79.9. The van der Waals surface area contributed by atoms with Gasteiger partial charge in [0.05, 0.1) is 37.4 Å². The van der Waals surface area contributed by atoms with Gasteiger partial charge in [0, 0.05) is 18.6 Å². The first-order valence-electron chi connectivity index (χ1n) is 6.70. The van der Waals surface area contributed by atoms with Crippen LogP contribution in [0, 0.1) is 0 Å². The lowest BCUT2D eigenvalue weighted by Gasteiger charge is -2.08. The van der Waals surface area contributed by atoms with Crippen molar-refractivity contribution in [3.63, 3.8) is 0 Å². The lowest BCUT2D eigenvalue weighted by Crippen LogP contribution is -2.85. The highest BCUT2D eigenvalue weighted by molar-refractivity contribution is 9.10. The topological polar surface area (TPSA) is 44.3 Å². The summed E-state index contributed by atoms with van der Waals surface area (Å²) < 4.78 is 16.9. The maximum absolute atomic E-state index is 5.86. The Bertz CT molecular complexity index is 379. The Morgan fingerprint density at radius 2 is 2.00 bits per heavy atom. The van der Waals surface area contributed by atoms with Gasteiger partial charge in [-0.1, -0.05) is 11.6 Å². The molecule has 0 radical (unpaired) electrons. The summed E-state index contributed by atoms with van der Waals surface area (Å²) in [7, 11) is 1.72. The molecule has 0 amide bonds. The molecule has 1 rings (SSSR count). The normalized spacial score (nSPS) is 10.8. The molecule has 0 heterocycles. The molecule has 0 saturated carbocycles. The number of hydrogen-bond acceptors (Lipinski definition) is 3. The van der Waals surface area contributed by atoms with Crippen molar-refractivity contribution >= 4 is 27.5 Å². The lowest BCUT2D eigenvalue weighted by atomic mass is 10.3. The fraction of sp³-hybridized carbons (Fsp3) is 0.571. The minimum absolute atomic E-state index is 0.532. The largest absolute Gasteiger partial charge is 0.490 e. The molecule has 6 heteroatoms. The fourth-order valence-electron chi connectivity index (χ4n) is 1.59. The monoisotopic (exact) mass is 366 g/mol. The molecule has 1 aromatic rings. The van der Waals surface area contributed by atoms with E-state index in [9.17, 15) is 0 Å². The molecule has 0 saturated heterocycles. The Morgan fingerprint density at radius 3 is 2.75 bits per heavy atom. The number of benzene rings is 1. The van der Waals surface area contributed by atoms with E-state index < -0.39 is 0 Å². The second-order valence-corrected chi connectivity index (χ2v) is 5.54. The zero-order chi connectivity index (χ0) is 14.6. The summed E-state index contributed by atoms with van der Waals surface area (Å²) in [4.78, 5) is 0. The van der Waals surface area contributed by atoms with Crippen LogP contribution in [0.2, 0.25) is 5.02 Å². The highest BCUT2D eigenvalue weighted by Gasteiger charge is 2.01. The molecule has 0 unspecified atom stereocenters. The van der Waals surface area contributed by atoms with E-state index in [4.69, 9.17) is 25.8 Å². The molecule has 1 aromatic carbocycles. The van der Waals surface area contributed by atoms with Crippen molar-refractivity contribution in [3.8, 4) is 5.75 Å². The van der Waals surface area contributed by atoms with Crippen molar-refractivity contribution < 1.29 is 19.5 Å². The number of nitrogens with two attached hydrogens (primary N) is 1. The van der Waals surface area contributed by atoms with Crippen LogP contribution in [0.25, 0.3) is 0 Å². The van der Waals surface area contributed by atoms with Crippen molar-refractivity contribution in [2.24, 2.45) is 0 Å². The summed E-state index contributed by atoms with van der Waals surface area (Å²) >= 11 is 9.26. The fourth-order valence-corrected chi connectivity index (χ4v) is 2.39. The quantitative estimate of drug-likeness (QED) is 0.609. The Morgan fingerprint density at radius 1 is 1.15 bits per heavy atom. The van der Waals surface area contributed by atoms with Crippen molar-refractivity contribution in [2.45, 2.75) is 6.42 Å². The second-order valence-electron chi connectivity index (χ2n) is 4.25. The van der Waals surface area contributed by atoms with Crippen molar-refractivity contribution in [2.75, 3.05) is 46.6 Å². The van der Waals surface area contributed by atoms with Gasteiger partial charge in [0.15, 0.2) is 0 Å². The van der Waals surface area contributed by atoms with Crippen molar-refractivity contribution in [1.29, 1.82) is 0 Å². The third-order valence-corrected chi connectivity index (χ3v) is 3.46. The van der Waals surface area contributed by atoms with Crippen LogP contribution in [0.1, 0.15) is 6.42 Å². The van der Waals surface area contributed by atoms with E-state index in [1.54, 1.807) is 13.2 Å². The van der Waals surface area contributed by atoms with Gasteiger partial charge < -0.3 is 19.5 Å². The number of ether oxygens (including phenoxy) is 3. The zero-order valence-electron chi connectivity index (χ0n) is 11.7. The summed E-state index contributed by atoms with van der Waals surface area (Å²) in [6.45, 7) is 4.71. The first-order chi connectivity index (χ1) is 9.74. The van der Waals surface area contributed by atoms with Gasteiger partial charge in [0.2, 0.25) is 0 Å². The van der Waals surface area contributed by atoms with E-state index >= 15 is 0 Å². The molecule has 0 bridgehead atoms. The first-order valence-corrected chi connectivity index (χ1v) is 7.87. The molecule has 114 valence electrons. The number of halogens is 2. The number of hydrogen-bond donors (Lipinski definition) is 1. The predicted octanol–water partition coefficient (Wildman–Crippen LogP) is 2.10. The molecule has 0 atom stereocenters. The zero-order valence-corrected chi connectivity index (χ0v) is 14.1. The van der Waals surface area contributed by atoms with Crippen LogP contribution in [0.15, 0.2) is 22.7 Å². The smallest absolute Gasteiger partial charge is 0.133 e. The van der Waals surface area contributed by atoms with Crippen molar-refractivity contribution in [3.05, 3.63) is 27.7 Å². The van der Waals surface area contributed by atoms with Gasteiger partial charge in [-0.15, -0.1) is 0 Å². The number of quaternary nitrogens is 1. The van der Waals surface area contributed by atoms with Crippen LogP contribution in [-0.2, 0) is 9.47 Å². The van der Waals surface area contributed by atoms with E-state index in [-0.39, 0.29) is 0 Å². The molecule has 0 aliphatic carbocycles. The van der Waals surface area contributed by atoms with Gasteiger partial charge in [0.25, 0.3) is 0 Å². The standard InChI is InChI=1S/C14H21BrClNO3/c1-18-7-2-5-17-6-8-19-9-10-20-14-4-3-12(16)11-13(14)15/h3-4,11,17H,2,5-10H2,1H3/p+1. The average Bonchev–Trinajstić information content (AvgIpc) is 2.43. The molecule has 0 aliphatic rings.